The number of hydrogen-bond acceptors (Lipinski definition) is 9. The Kier molecular flexibility index (Phi) is 5.88. The number of nitrogens with zero attached hydrogens (tertiary/aromatic N) is 7. The first-order valence-corrected chi connectivity index (χ1v) is 12.0. The van der Waals surface area contributed by atoms with E-state index < -0.39 is 0 Å². The van der Waals surface area contributed by atoms with Gasteiger partial charge in [0.25, 0.3) is 5.19 Å². The van der Waals surface area contributed by atoms with E-state index in [4.69, 9.17) is 19.1 Å². The smallest absolute Gasteiger partial charge is 0.324 e. The predicted octanol–water partition coefficient (Wildman–Crippen LogP) is 2.99. The van der Waals surface area contributed by atoms with Gasteiger partial charge in [-0.05, 0) is 37.0 Å². The van der Waals surface area contributed by atoms with Gasteiger partial charge in [-0.15, -0.1) is 5.10 Å². The number of rotatable bonds is 7. The fraction of sp³-hybridized carbons (Fsp3) is 0.500. The summed E-state index contributed by atoms with van der Waals surface area (Å²) < 4.78 is 15.1. The van der Waals surface area contributed by atoms with Gasteiger partial charge in [0.15, 0.2) is 5.82 Å². The monoisotopic (exact) mass is 470 g/mol. The number of piperidine rings is 1. The van der Waals surface area contributed by atoms with Gasteiger partial charge in [-0.25, -0.2) is 9.50 Å². The zero-order valence-corrected chi connectivity index (χ0v) is 20.0. The fourth-order valence-electron chi connectivity index (χ4n) is 3.98. The minimum atomic E-state index is 0.0648. The summed E-state index contributed by atoms with van der Waals surface area (Å²) in [5.41, 5.74) is 1.87. The molecule has 5 rings (SSSR count). The van der Waals surface area contributed by atoms with Crippen molar-refractivity contribution in [3.8, 4) is 16.5 Å². The second-order valence-corrected chi connectivity index (χ2v) is 9.51. The van der Waals surface area contributed by atoms with Crippen molar-refractivity contribution in [1.82, 2.24) is 24.7 Å². The quantitative estimate of drug-likeness (QED) is 0.381. The third-order valence-electron chi connectivity index (χ3n) is 6.04. The van der Waals surface area contributed by atoms with E-state index in [2.05, 4.69) is 40.9 Å². The van der Waals surface area contributed by atoms with E-state index >= 15 is 0 Å². The molecule has 0 spiro atoms. The summed E-state index contributed by atoms with van der Waals surface area (Å²) in [5, 5.41) is 9.30. The van der Waals surface area contributed by atoms with E-state index in [1.54, 1.807) is 16.4 Å². The van der Waals surface area contributed by atoms with Gasteiger partial charge in [0.05, 0.1) is 11.9 Å². The fourth-order valence-corrected chi connectivity index (χ4v) is 4.79. The summed E-state index contributed by atoms with van der Waals surface area (Å²) in [6.07, 6.45) is 7.68. The van der Waals surface area contributed by atoms with Crippen LogP contribution in [0.4, 0.5) is 6.01 Å². The topological polar surface area (TPSA) is 94.7 Å². The summed E-state index contributed by atoms with van der Waals surface area (Å²) in [6.45, 7) is 8.00. The van der Waals surface area contributed by atoms with Crippen LogP contribution in [-0.4, -0.2) is 51.0 Å². The van der Waals surface area contributed by atoms with E-state index in [0.717, 1.165) is 48.0 Å². The first-order chi connectivity index (χ1) is 16.0. The molecule has 0 N–H and O–H groups in total. The molecule has 0 aliphatic carbocycles. The van der Waals surface area contributed by atoms with Gasteiger partial charge in [-0.2, -0.15) is 4.98 Å². The molecule has 1 aliphatic rings. The number of imidazole rings is 1. The van der Waals surface area contributed by atoms with Gasteiger partial charge in [0.2, 0.25) is 17.4 Å². The second kappa shape index (κ2) is 8.97. The summed E-state index contributed by atoms with van der Waals surface area (Å²) in [4.78, 5) is 17.3. The third kappa shape index (κ3) is 4.50. The highest BCUT2D eigenvalue weighted by atomic mass is 32.1. The van der Waals surface area contributed by atoms with Crippen molar-refractivity contribution in [3.63, 3.8) is 0 Å². The van der Waals surface area contributed by atoms with Crippen LogP contribution in [0.1, 0.15) is 45.4 Å². The SMILES string of the molecule is CO[n+]1ccc(-c2cn3nc(O[C@@H](C)C4CCN(c5nc(C(C)C)no5)CC4)sc3n2)cc1. The number of aromatic nitrogens is 6. The summed E-state index contributed by atoms with van der Waals surface area (Å²) in [7, 11) is 1.62. The van der Waals surface area contributed by atoms with E-state index in [1.165, 1.54) is 11.3 Å². The Morgan fingerprint density at radius 1 is 1.15 bits per heavy atom. The van der Waals surface area contributed by atoms with E-state index in [9.17, 15) is 0 Å². The Balaban J connectivity index is 1.18. The molecule has 33 heavy (non-hydrogen) atoms. The van der Waals surface area contributed by atoms with E-state index in [0.29, 0.717) is 17.1 Å². The lowest BCUT2D eigenvalue weighted by atomic mass is 9.92. The molecular weight excluding hydrogens is 442 g/mol. The molecule has 0 aromatic carbocycles. The lowest BCUT2D eigenvalue weighted by Crippen LogP contribution is -2.39. The van der Waals surface area contributed by atoms with Crippen LogP contribution in [0, 0.1) is 5.92 Å². The van der Waals surface area contributed by atoms with Gasteiger partial charge >= 0.3 is 6.01 Å². The van der Waals surface area contributed by atoms with Crippen molar-refractivity contribution in [2.45, 2.75) is 45.6 Å². The summed E-state index contributed by atoms with van der Waals surface area (Å²) >= 11 is 1.46. The van der Waals surface area contributed by atoms with Crippen molar-refractivity contribution in [2.24, 2.45) is 5.92 Å². The molecule has 1 fully saturated rings. The lowest BCUT2D eigenvalue weighted by Gasteiger charge is -2.33. The minimum absolute atomic E-state index is 0.0648. The first-order valence-electron chi connectivity index (χ1n) is 11.2. The largest absolute Gasteiger partial charge is 0.466 e. The zero-order chi connectivity index (χ0) is 22.9. The van der Waals surface area contributed by atoms with Crippen molar-refractivity contribution >= 4 is 22.3 Å². The number of fused-ring (bicyclic) bond motifs is 1. The molecule has 1 aliphatic heterocycles. The Labute approximate surface area is 195 Å². The van der Waals surface area contributed by atoms with Crippen molar-refractivity contribution in [1.29, 1.82) is 0 Å². The van der Waals surface area contributed by atoms with Crippen LogP contribution in [0.25, 0.3) is 16.2 Å². The number of hydrogen-bond donors (Lipinski definition) is 0. The lowest BCUT2D eigenvalue weighted by molar-refractivity contribution is -0.885. The molecule has 1 atom stereocenters. The highest BCUT2D eigenvalue weighted by Gasteiger charge is 2.28. The highest BCUT2D eigenvalue weighted by molar-refractivity contribution is 7.18. The first kappa shape index (κ1) is 21.6. The molecule has 5 heterocycles. The zero-order valence-electron chi connectivity index (χ0n) is 19.2. The molecule has 0 unspecified atom stereocenters. The Morgan fingerprint density at radius 2 is 1.91 bits per heavy atom. The average Bonchev–Trinajstić information content (AvgIpc) is 3.54. The van der Waals surface area contributed by atoms with Crippen LogP contribution in [0.15, 0.2) is 35.2 Å². The van der Waals surface area contributed by atoms with Crippen LogP contribution >= 0.6 is 11.3 Å². The molecule has 11 heteroatoms. The van der Waals surface area contributed by atoms with E-state index in [1.807, 2.05) is 30.7 Å². The molecule has 1 saturated heterocycles. The van der Waals surface area contributed by atoms with Crippen LogP contribution in [0.3, 0.4) is 0 Å². The van der Waals surface area contributed by atoms with Crippen molar-refractivity contribution in [3.05, 3.63) is 36.5 Å². The van der Waals surface area contributed by atoms with Crippen LogP contribution in [0.5, 0.6) is 5.19 Å². The molecule has 0 bridgehead atoms. The van der Waals surface area contributed by atoms with Gasteiger partial charge < -0.3 is 14.2 Å². The highest BCUT2D eigenvalue weighted by Crippen LogP contribution is 2.30. The number of ether oxygens (including phenoxy) is 1. The van der Waals surface area contributed by atoms with E-state index in [-0.39, 0.29) is 12.0 Å². The molecule has 4 aromatic heterocycles. The number of pyridine rings is 1. The molecule has 0 amide bonds. The summed E-state index contributed by atoms with van der Waals surface area (Å²) in [6, 6.07) is 4.54. The van der Waals surface area contributed by atoms with Gasteiger partial charge in [0, 0.05) is 41.4 Å². The van der Waals surface area contributed by atoms with Crippen molar-refractivity contribution in [2.75, 3.05) is 25.1 Å². The Hall–Kier alpha value is -3.21. The third-order valence-corrected chi connectivity index (χ3v) is 6.85. The van der Waals surface area contributed by atoms with Gasteiger partial charge in [-0.1, -0.05) is 19.0 Å². The summed E-state index contributed by atoms with van der Waals surface area (Å²) in [5.74, 6) is 1.46. The standard InChI is InChI=1S/C22H28N7O3S/c1-14(2)19-24-20(32-26-19)27-9-5-16(6-10-27)15(3)31-22-25-29-13-18(23-21(29)33-22)17-7-11-28(30-4)12-8-17/h7-8,11-16H,5-6,9-10H2,1-4H3/q+1/t15-/m0/s1. The Morgan fingerprint density at radius 3 is 2.55 bits per heavy atom. The minimum Gasteiger partial charge on any atom is -0.466 e. The Bertz CT molecular complexity index is 1180. The second-order valence-electron chi connectivity index (χ2n) is 8.59. The van der Waals surface area contributed by atoms with Crippen LogP contribution < -0.4 is 19.2 Å². The van der Waals surface area contributed by atoms with Crippen LogP contribution in [-0.2, 0) is 0 Å². The molecule has 0 radical (unpaired) electrons. The van der Waals surface area contributed by atoms with Crippen LogP contribution in [0.2, 0.25) is 0 Å². The van der Waals surface area contributed by atoms with Crippen molar-refractivity contribution < 1.29 is 18.8 Å². The maximum atomic E-state index is 6.21. The molecule has 174 valence electrons. The number of anilines is 1. The average molecular weight is 471 g/mol. The molecule has 10 nitrogen and oxygen atoms in total. The predicted molar refractivity (Wildman–Crippen MR) is 122 cm³/mol. The molecular formula is C22H28N7O3S+. The maximum Gasteiger partial charge on any atom is 0.324 e. The van der Waals surface area contributed by atoms with Gasteiger partial charge in [0.1, 0.15) is 13.2 Å². The maximum absolute atomic E-state index is 6.21. The normalized spacial score (nSPS) is 16.0. The van der Waals surface area contributed by atoms with Gasteiger partial charge in [-0.3, -0.25) is 4.84 Å². The molecule has 4 aromatic rings. The molecule has 0 saturated carbocycles.